The van der Waals surface area contributed by atoms with E-state index >= 15 is 0 Å². The van der Waals surface area contributed by atoms with Gasteiger partial charge in [0, 0.05) is 16.6 Å². The van der Waals surface area contributed by atoms with Crippen molar-refractivity contribution < 1.29 is 22.4 Å². The third-order valence-electron chi connectivity index (χ3n) is 3.63. The Morgan fingerprint density at radius 1 is 1.11 bits per heavy atom. The summed E-state index contributed by atoms with van der Waals surface area (Å²) in [7, 11) is 0. The summed E-state index contributed by atoms with van der Waals surface area (Å²) < 4.78 is 52.9. The number of nitrogens with zero attached hydrogens (tertiary/aromatic N) is 1. The normalized spacial score (nSPS) is 10.9. The zero-order chi connectivity index (χ0) is 20.3. The number of thiazole rings is 1. The number of hydrogen-bond acceptors (Lipinski definition) is 3. The van der Waals surface area contributed by atoms with Gasteiger partial charge >= 0.3 is 6.18 Å². The Labute approximate surface area is 162 Å². The minimum Gasteiger partial charge on any atom is -0.322 e. The molecule has 142 valence electrons. The third-order valence-corrected chi connectivity index (χ3v) is 4.40. The molecular weight excluding hydrogens is 392 g/mol. The van der Waals surface area contributed by atoms with Gasteiger partial charge in [0.15, 0.2) is 0 Å². The number of anilines is 1. The Bertz CT molecular complexity index is 1080. The second-order valence-corrected chi connectivity index (χ2v) is 6.78. The highest BCUT2D eigenvalue weighted by Crippen LogP contribution is 2.33. The highest BCUT2D eigenvalue weighted by molar-refractivity contribution is 7.09. The molecule has 0 unspecified atom stereocenters. The van der Waals surface area contributed by atoms with Gasteiger partial charge in [0.25, 0.3) is 5.91 Å². The molecule has 0 bridgehead atoms. The average Bonchev–Trinajstić information content (AvgIpc) is 3.06. The van der Waals surface area contributed by atoms with Crippen molar-refractivity contribution in [3.63, 3.8) is 0 Å². The van der Waals surface area contributed by atoms with Crippen LogP contribution in [0.15, 0.2) is 47.8 Å². The van der Waals surface area contributed by atoms with Gasteiger partial charge in [-0.15, -0.1) is 11.3 Å². The lowest BCUT2D eigenvalue weighted by atomic mass is 10.0. The molecule has 0 radical (unpaired) electrons. The first-order valence-electron chi connectivity index (χ1n) is 7.95. The van der Waals surface area contributed by atoms with E-state index in [-0.39, 0.29) is 11.3 Å². The Hall–Kier alpha value is -3.18. The first-order chi connectivity index (χ1) is 13.2. The number of carbonyl (C=O) groups excluding carboxylic acids is 1. The molecule has 1 aromatic heterocycles. The molecule has 0 aliphatic carbocycles. The fourth-order valence-electron chi connectivity index (χ4n) is 2.35. The summed E-state index contributed by atoms with van der Waals surface area (Å²) in [5.41, 5.74) is -0.739. The van der Waals surface area contributed by atoms with Crippen LogP contribution in [0.3, 0.4) is 0 Å². The lowest BCUT2D eigenvalue weighted by Crippen LogP contribution is -2.19. The van der Waals surface area contributed by atoms with E-state index in [1.165, 1.54) is 29.5 Å². The number of aromatic nitrogens is 1. The maximum absolute atomic E-state index is 13.3. The number of halogens is 4. The SMILES string of the molecule is Cc1nc(C#Cc2ccc(C(F)(F)F)c(C(=O)Nc3ccc(F)cc3)c2)cs1. The van der Waals surface area contributed by atoms with Crippen LogP contribution in [-0.4, -0.2) is 10.9 Å². The molecule has 0 saturated heterocycles. The van der Waals surface area contributed by atoms with Gasteiger partial charge in [0.1, 0.15) is 11.5 Å². The lowest BCUT2D eigenvalue weighted by Gasteiger charge is -2.13. The van der Waals surface area contributed by atoms with Crippen molar-refractivity contribution in [3.05, 3.63) is 81.1 Å². The van der Waals surface area contributed by atoms with E-state index in [1.807, 2.05) is 6.92 Å². The van der Waals surface area contributed by atoms with Crippen LogP contribution in [0.5, 0.6) is 0 Å². The van der Waals surface area contributed by atoms with Gasteiger partial charge in [-0.05, 0) is 55.3 Å². The van der Waals surface area contributed by atoms with Crippen LogP contribution in [0, 0.1) is 24.6 Å². The number of aryl methyl sites for hydroxylation is 1. The van der Waals surface area contributed by atoms with Crippen LogP contribution in [0.2, 0.25) is 0 Å². The molecule has 0 saturated carbocycles. The predicted octanol–water partition coefficient (Wildman–Crippen LogP) is 5.26. The highest BCUT2D eigenvalue weighted by Gasteiger charge is 2.35. The van der Waals surface area contributed by atoms with Gasteiger partial charge in [-0.2, -0.15) is 13.2 Å². The number of rotatable bonds is 2. The van der Waals surface area contributed by atoms with Crippen molar-refractivity contribution in [2.45, 2.75) is 13.1 Å². The lowest BCUT2D eigenvalue weighted by molar-refractivity contribution is -0.137. The number of nitrogens with one attached hydrogen (secondary N) is 1. The zero-order valence-corrected chi connectivity index (χ0v) is 15.2. The molecule has 0 aliphatic heterocycles. The fourth-order valence-corrected chi connectivity index (χ4v) is 2.89. The predicted molar refractivity (Wildman–Crippen MR) is 98.6 cm³/mol. The summed E-state index contributed by atoms with van der Waals surface area (Å²) in [6, 6.07) is 7.80. The monoisotopic (exact) mass is 404 g/mol. The second kappa shape index (κ2) is 7.82. The highest BCUT2D eigenvalue weighted by atomic mass is 32.1. The number of carbonyl (C=O) groups is 1. The van der Waals surface area contributed by atoms with E-state index in [2.05, 4.69) is 22.1 Å². The maximum Gasteiger partial charge on any atom is 0.417 e. The van der Waals surface area contributed by atoms with Gasteiger partial charge in [0.2, 0.25) is 0 Å². The molecule has 3 rings (SSSR count). The van der Waals surface area contributed by atoms with E-state index in [9.17, 15) is 22.4 Å². The van der Waals surface area contributed by atoms with Crippen molar-refractivity contribution in [2.75, 3.05) is 5.32 Å². The molecule has 28 heavy (non-hydrogen) atoms. The quantitative estimate of drug-likeness (QED) is 0.468. The molecule has 0 fully saturated rings. The molecule has 0 spiro atoms. The number of alkyl halides is 3. The van der Waals surface area contributed by atoms with Crippen molar-refractivity contribution >= 4 is 22.9 Å². The minimum atomic E-state index is -4.71. The first-order valence-corrected chi connectivity index (χ1v) is 8.82. The van der Waals surface area contributed by atoms with Gasteiger partial charge in [-0.3, -0.25) is 4.79 Å². The van der Waals surface area contributed by atoms with Crippen LogP contribution in [0.25, 0.3) is 0 Å². The molecular formula is C20H12F4N2OS. The molecule has 1 amide bonds. The number of benzene rings is 2. The standard InChI is InChI=1S/C20H12F4N2OS/c1-12-25-16(11-28-12)6-2-13-3-9-18(20(22,23)24)17(10-13)19(27)26-15-7-4-14(21)5-8-15/h3-5,7-11H,1H3,(H,26,27). The molecule has 3 nitrogen and oxygen atoms in total. The Balaban J connectivity index is 1.95. The third kappa shape index (κ3) is 4.75. The van der Waals surface area contributed by atoms with Gasteiger partial charge in [0.05, 0.1) is 16.1 Å². The summed E-state index contributed by atoms with van der Waals surface area (Å²) >= 11 is 1.40. The minimum absolute atomic E-state index is 0.175. The molecule has 8 heteroatoms. The second-order valence-electron chi connectivity index (χ2n) is 5.72. The fraction of sp³-hybridized carbons (Fsp3) is 0.100. The van der Waals surface area contributed by atoms with Gasteiger partial charge in [-0.25, -0.2) is 9.37 Å². The number of amides is 1. The molecule has 2 aromatic carbocycles. The van der Waals surface area contributed by atoms with E-state index in [0.717, 1.165) is 29.3 Å². The largest absolute Gasteiger partial charge is 0.417 e. The van der Waals surface area contributed by atoms with Crippen LogP contribution < -0.4 is 5.32 Å². The van der Waals surface area contributed by atoms with Crippen LogP contribution in [0.1, 0.15) is 32.2 Å². The summed E-state index contributed by atoms with van der Waals surface area (Å²) in [6.07, 6.45) is -4.71. The van der Waals surface area contributed by atoms with Crippen molar-refractivity contribution in [3.8, 4) is 11.8 Å². The van der Waals surface area contributed by atoms with E-state index < -0.39 is 29.0 Å². The van der Waals surface area contributed by atoms with E-state index in [4.69, 9.17) is 0 Å². The Morgan fingerprint density at radius 3 is 2.43 bits per heavy atom. The Morgan fingerprint density at radius 2 is 1.82 bits per heavy atom. The van der Waals surface area contributed by atoms with Crippen LogP contribution in [-0.2, 0) is 6.18 Å². The van der Waals surface area contributed by atoms with Gasteiger partial charge < -0.3 is 5.32 Å². The van der Waals surface area contributed by atoms with E-state index in [1.54, 1.807) is 5.38 Å². The summed E-state index contributed by atoms with van der Waals surface area (Å²) in [5, 5.41) is 4.88. The van der Waals surface area contributed by atoms with Crippen LogP contribution in [0.4, 0.5) is 23.2 Å². The molecule has 1 heterocycles. The number of hydrogen-bond donors (Lipinski definition) is 1. The molecule has 0 aliphatic rings. The van der Waals surface area contributed by atoms with Crippen molar-refractivity contribution in [2.24, 2.45) is 0 Å². The average molecular weight is 404 g/mol. The Kier molecular flexibility index (Phi) is 5.47. The van der Waals surface area contributed by atoms with Crippen LogP contribution >= 0.6 is 11.3 Å². The van der Waals surface area contributed by atoms with Crippen molar-refractivity contribution in [1.29, 1.82) is 0 Å². The molecule has 0 atom stereocenters. The first kappa shape index (κ1) is 19.6. The van der Waals surface area contributed by atoms with Crippen molar-refractivity contribution in [1.82, 2.24) is 4.98 Å². The molecule has 1 N–H and O–H groups in total. The maximum atomic E-state index is 13.3. The topological polar surface area (TPSA) is 42.0 Å². The van der Waals surface area contributed by atoms with E-state index in [0.29, 0.717) is 5.69 Å². The smallest absolute Gasteiger partial charge is 0.322 e. The summed E-state index contributed by atoms with van der Waals surface area (Å²) in [4.78, 5) is 16.6. The summed E-state index contributed by atoms with van der Waals surface area (Å²) in [5.74, 6) is 3.98. The zero-order valence-electron chi connectivity index (χ0n) is 14.4. The molecule has 3 aromatic rings. The van der Waals surface area contributed by atoms with Gasteiger partial charge in [-0.1, -0.05) is 5.92 Å². The summed E-state index contributed by atoms with van der Waals surface area (Å²) in [6.45, 7) is 1.81.